The van der Waals surface area contributed by atoms with E-state index in [1.54, 1.807) is 37.6 Å². The van der Waals surface area contributed by atoms with E-state index in [9.17, 15) is 17.6 Å². The third-order valence-electron chi connectivity index (χ3n) is 5.16. The quantitative estimate of drug-likeness (QED) is 0.490. The molecule has 1 saturated carbocycles. The Morgan fingerprint density at radius 2 is 1.97 bits per heavy atom. The van der Waals surface area contributed by atoms with Crippen LogP contribution in [0.1, 0.15) is 32.4 Å². The molecule has 0 bridgehead atoms. The summed E-state index contributed by atoms with van der Waals surface area (Å²) in [6.45, 7) is 3.28. The largest absolute Gasteiger partial charge is 0.323 e. The van der Waals surface area contributed by atoms with Crippen molar-refractivity contribution in [3.8, 4) is 11.1 Å². The lowest BCUT2D eigenvalue weighted by Gasteiger charge is -2.22. The lowest BCUT2D eigenvalue weighted by Crippen LogP contribution is -2.35. The number of carbonyl (C=O) groups is 1. The Hall–Kier alpha value is -2.56. The van der Waals surface area contributed by atoms with E-state index in [4.69, 9.17) is 11.6 Å². The monoisotopic (exact) mass is 494 g/mol. The Labute approximate surface area is 194 Å². The number of nitrogens with zero attached hydrogens (tertiary/aromatic N) is 2. The van der Waals surface area contributed by atoms with Crippen LogP contribution >= 0.6 is 22.9 Å². The molecular weight excluding hydrogens is 475 g/mol. The van der Waals surface area contributed by atoms with Crippen molar-refractivity contribution < 1.29 is 17.6 Å². The molecule has 2 aromatic heterocycles. The molecule has 168 valence electrons. The van der Waals surface area contributed by atoms with Crippen LogP contribution in [0.3, 0.4) is 0 Å². The second kappa shape index (κ2) is 8.42. The predicted octanol–water partition coefficient (Wildman–Crippen LogP) is 4.82. The zero-order chi connectivity index (χ0) is 23.1. The lowest BCUT2D eigenvalue weighted by atomic mass is 9.89. The summed E-state index contributed by atoms with van der Waals surface area (Å²) in [5.74, 6) is -1.08. The van der Waals surface area contributed by atoms with Crippen LogP contribution in [0.2, 0.25) is 5.02 Å². The highest BCUT2D eigenvalue weighted by Gasteiger charge is 2.37. The zero-order valence-corrected chi connectivity index (χ0v) is 19.6. The summed E-state index contributed by atoms with van der Waals surface area (Å²) in [6, 6.07) is 6.09. The molecular formula is C21H20ClFN4O3S2. The Kier molecular flexibility index (Phi) is 5.95. The minimum atomic E-state index is -3.44. The van der Waals surface area contributed by atoms with Gasteiger partial charge in [-0.3, -0.25) is 14.5 Å². The van der Waals surface area contributed by atoms with Crippen molar-refractivity contribution in [1.82, 2.24) is 9.97 Å². The number of hydrogen-bond donors (Lipinski definition) is 2. The Bertz CT molecular complexity index is 1290. The van der Waals surface area contributed by atoms with Crippen LogP contribution in [0.4, 0.5) is 15.2 Å². The second-order valence-electron chi connectivity index (χ2n) is 8.05. The lowest BCUT2D eigenvalue weighted by molar-refractivity contribution is -0.120. The Morgan fingerprint density at radius 1 is 1.22 bits per heavy atom. The van der Waals surface area contributed by atoms with E-state index >= 15 is 0 Å². The maximum absolute atomic E-state index is 14.7. The average Bonchev–Trinajstić information content (AvgIpc) is 3.50. The van der Waals surface area contributed by atoms with Gasteiger partial charge in [0.2, 0.25) is 15.9 Å². The molecule has 0 atom stereocenters. The maximum atomic E-state index is 14.7. The van der Waals surface area contributed by atoms with E-state index in [0.717, 1.165) is 11.3 Å². The van der Waals surface area contributed by atoms with Gasteiger partial charge in [-0.15, -0.1) is 11.3 Å². The van der Waals surface area contributed by atoms with Gasteiger partial charge in [0.05, 0.1) is 27.1 Å². The van der Waals surface area contributed by atoms with Crippen molar-refractivity contribution in [1.29, 1.82) is 0 Å². The molecule has 2 N–H and O–H groups in total. The van der Waals surface area contributed by atoms with Crippen LogP contribution in [-0.4, -0.2) is 29.5 Å². The summed E-state index contributed by atoms with van der Waals surface area (Å²) in [7, 11) is -3.44. The molecule has 0 spiro atoms. The van der Waals surface area contributed by atoms with Crippen LogP contribution in [0.15, 0.2) is 42.0 Å². The summed E-state index contributed by atoms with van der Waals surface area (Å²) < 4.78 is 41.4. The third kappa shape index (κ3) is 4.77. The number of sulfonamides is 1. The van der Waals surface area contributed by atoms with Crippen molar-refractivity contribution in [3.63, 3.8) is 0 Å². The van der Waals surface area contributed by atoms with Gasteiger partial charge in [0.25, 0.3) is 0 Å². The highest BCUT2D eigenvalue weighted by Crippen LogP contribution is 2.33. The van der Waals surface area contributed by atoms with Gasteiger partial charge in [-0.1, -0.05) is 17.7 Å². The molecule has 0 saturated heterocycles. The molecule has 7 nitrogen and oxygen atoms in total. The first-order valence-electron chi connectivity index (χ1n) is 9.76. The highest BCUT2D eigenvalue weighted by molar-refractivity contribution is 7.93. The van der Waals surface area contributed by atoms with Crippen LogP contribution in [0.25, 0.3) is 11.1 Å². The standard InChI is InChI=1S/C21H20ClFN4O3S2/c1-21(2,18-11-31-20(26-18)27-32(29,30)15-4-5-15)19(28)25-17-6-3-12(8-16(17)23)13-7-14(22)10-24-9-13/h3,6-11,15H,4-5H2,1-2H3,(H,25,28)(H,26,27). The predicted molar refractivity (Wildman–Crippen MR) is 124 cm³/mol. The maximum Gasteiger partial charge on any atom is 0.237 e. The van der Waals surface area contributed by atoms with Crippen LogP contribution in [-0.2, 0) is 20.2 Å². The number of aromatic nitrogens is 2. The first-order chi connectivity index (χ1) is 15.1. The summed E-state index contributed by atoms with van der Waals surface area (Å²) in [5.41, 5.74) is 0.504. The van der Waals surface area contributed by atoms with Gasteiger partial charge < -0.3 is 5.32 Å². The zero-order valence-electron chi connectivity index (χ0n) is 17.2. The van der Waals surface area contributed by atoms with E-state index in [0.29, 0.717) is 34.7 Å². The van der Waals surface area contributed by atoms with Gasteiger partial charge in [0.1, 0.15) is 5.82 Å². The van der Waals surface area contributed by atoms with E-state index in [1.807, 2.05) is 0 Å². The van der Waals surface area contributed by atoms with Crippen molar-refractivity contribution >= 4 is 49.7 Å². The number of halogens is 2. The van der Waals surface area contributed by atoms with Crippen molar-refractivity contribution in [2.45, 2.75) is 37.4 Å². The molecule has 1 aromatic carbocycles. The smallest absolute Gasteiger partial charge is 0.237 e. The molecule has 1 amide bonds. The molecule has 1 aliphatic rings. The second-order valence-corrected chi connectivity index (χ2v) is 11.3. The number of rotatable bonds is 7. The van der Waals surface area contributed by atoms with Crippen LogP contribution in [0.5, 0.6) is 0 Å². The van der Waals surface area contributed by atoms with E-state index in [2.05, 4.69) is 20.0 Å². The van der Waals surface area contributed by atoms with Crippen molar-refractivity contribution in [2.24, 2.45) is 0 Å². The fraction of sp³-hybridized carbons (Fsp3) is 0.286. The number of anilines is 2. The number of pyridine rings is 1. The van der Waals surface area contributed by atoms with Crippen molar-refractivity contribution in [3.05, 3.63) is 58.6 Å². The fourth-order valence-corrected chi connectivity index (χ4v) is 5.60. The minimum absolute atomic E-state index is 0.0201. The number of benzene rings is 1. The first-order valence-corrected chi connectivity index (χ1v) is 12.6. The summed E-state index contributed by atoms with van der Waals surface area (Å²) in [4.78, 5) is 21.2. The molecule has 2 heterocycles. The minimum Gasteiger partial charge on any atom is -0.323 e. The van der Waals surface area contributed by atoms with Gasteiger partial charge in [-0.25, -0.2) is 17.8 Å². The Balaban J connectivity index is 1.49. The van der Waals surface area contributed by atoms with E-state index in [1.165, 1.54) is 18.3 Å². The summed E-state index contributed by atoms with van der Waals surface area (Å²) in [6.07, 6.45) is 4.33. The van der Waals surface area contributed by atoms with E-state index < -0.39 is 27.2 Å². The van der Waals surface area contributed by atoms with Gasteiger partial charge in [-0.2, -0.15) is 0 Å². The van der Waals surface area contributed by atoms with Crippen LogP contribution < -0.4 is 10.0 Å². The molecule has 0 aliphatic heterocycles. The average molecular weight is 495 g/mol. The van der Waals surface area contributed by atoms with Gasteiger partial charge in [0, 0.05) is 23.3 Å². The van der Waals surface area contributed by atoms with Crippen molar-refractivity contribution in [2.75, 3.05) is 10.0 Å². The Morgan fingerprint density at radius 3 is 2.62 bits per heavy atom. The molecule has 32 heavy (non-hydrogen) atoms. The van der Waals surface area contributed by atoms with E-state index in [-0.39, 0.29) is 16.1 Å². The number of thiazole rings is 1. The SMILES string of the molecule is CC(C)(C(=O)Nc1ccc(-c2cncc(Cl)c2)cc1F)c1csc(NS(=O)(=O)C2CC2)n1. The first kappa shape index (κ1) is 22.6. The fourth-order valence-electron chi connectivity index (χ4n) is 2.95. The molecule has 1 aliphatic carbocycles. The van der Waals surface area contributed by atoms with Gasteiger partial charge >= 0.3 is 0 Å². The molecule has 0 radical (unpaired) electrons. The number of hydrogen-bond acceptors (Lipinski definition) is 6. The van der Waals surface area contributed by atoms with Gasteiger partial charge in [-0.05, 0) is 50.5 Å². The number of carbonyl (C=O) groups excluding carboxylic acids is 1. The van der Waals surface area contributed by atoms with Crippen LogP contribution in [0, 0.1) is 5.82 Å². The normalized spacial score (nSPS) is 14.2. The topological polar surface area (TPSA) is 101 Å². The van der Waals surface area contributed by atoms with Gasteiger partial charge in [0.15, 0.2) is 5.13 Å². The summed E-state index contributed by atoms with van der Waals surface area (Å²) in [5, 5.41) is 4.48. The highest BCUT2D eigenvalue weighted by atomic mass is 35.5. The molecule has 11 heteroatoms. The molecule has 1 fully saturated rings. The summed E-state index contributed by atoms with van der Waals surface area (Å²) >= 11 is 7.05. The molecule has 3 aromatic rings. The molecule has 0 unspecified atom stereocenters. The number of nitrogens with one attached hydrogen (secondary N) is 2. The molecule has 4 rings (SSSR count). The third-order valence-corrected chi connectivity index (χ3v) is 8.08. The number of amides is 1.